The fourth-order valence-corrected chi connectivity index (χ4v) is 6.15. The molecular weight excluding hydrogens is 258 g/mol. The zero-order valence-electron chi connectivity index (χ0n) is 13.3. The van der Waals surface area contributed by atoms with Gasteiger partial charge in [0, 0.05) is 5.92 Å². The summed E-state index contributed by atoms with van der Waals surface area (Å²) < 4.78 is 0. The molecule has 21 heavy (non-hydrogen) atoms. The maximum atomic E-state index is 9.63. The van der Waals surface area contributed by atoms with Crippen molar-refractivity contribution in [1.82, 2.24) is 0 Å². The fraction of sp³-hybridized carbons (Fsp3) is 0.737. The van der Waals surface area contributed by atoms with Gasteiger partial charge in [-0.05, 0) is 72.8 Å². The van der Waals surface area contributed by atoms with Crippen LogP contribution < -0.4 is 0 Å². The maximum Gasteiger partial charge on any atom is 0.0835 e. The van der Waals surface area contributed by atoms with Gasteiger partial charge in [-0.15, -0.1) is 0 Å². The molecule has 5 atom stereocenters. The molecule has 2 saturated carbocycles. The smallest absolute Gasteiger partial charge is 0.0835 e. The van der Waals surface area contributed by atoms with Crippen LogP contribution in [0.1, 0.15) is 58.8 Å². The van der Waals surface area contributed by atoms with Crippen molar-refractivity contribution in [2.45, 2.75) is 58.8 Å². The first-order valence-electron chi connectivity index (χ1n) is 8.69. The number of nitrogens with zero attached hydrogens (tertiary/aromatic N) is 1. The van der Waals surface area contributed by atoms with Crippen molar-refractivity contribution in [3.05, 3.63) is 23.8 Å². The Morgan fingerprint density at radius 1 is 1.14 bits per heavy atom. The molecule has 4 aliphatic rings. The molecule has 4 aliphatic carbocycles. The van der Waals surface area contributed by atoms with E-state index in [1.807, 2.05) is 0 Å². The lowest BCUT2D eigenvalue weighted by atomic mass is 9.48. The van der Waals surface area contributed by atoms with Gasteiger partial charge in [0.2, 0.25) is 0 Å². The first-order valence-corrected chi connectivity index (χ1v) is 8.69. The van der Waals surface area contributed by atoms with Crippen molar-refractivity contribution in [2.24, 2.45) is 33.7 Å². The molecule has 0 aliphatic heterocycles. The van der Waals surface area contributed by atoms with Gasteiger partial charge in [-0.2, -0.15) is 0 Å². The van der Waals surface area contributed by atoms with E-state index >= 15 is 0 Å². The Labute approximate surface area is 128 Å². The predicted molar refractivity (Wildman–Crippen MR) is 85.4 cm³/mol. The zero-order valence-corrected chi connectivity index (χ0v) is 13.3. The second kappa shape index (κ2) is 4.47. The molecule has 0 radical (unpaired) electrons. The third-order valence-electron chi connectivity index (χ3n) is 7.42. The molecule has 0 bridgehead atoms. The lowest BCUT2D eigenvalue weighted by Crippen LogP contribution is -2.51. The summed E-state index contributed by atoms with van der Waals surface area (Å²) in [4.78, 5) is 0. The topological polar surface area (TPSA) is 32.6 Å². The second-order valence-corrected chi connectivity index (χ2v) is 8.31. The highest BCUT2D eigenvalue weighted by atomic mass is 16.4. The summed E-state index contributed by atoms with van der Waals surface area (Å²) in [6, 6.07) is 0. The van der Waals surface area contributed by atoms with Gasteiger partial charge < -0.3 is 5.21 Å². The minimum Gasteiger partial charge on any atom is -0.411 e. The Morgan fingerprint density at radius 2 is 2.00 bits per heavy atom. The summed E-state index contributed by atoms with van der Waals surface area (Å²) in [7, 11) is 0. The lowest BCUT2D eigenvalue weighted by Gasteiger charge is -2.55. The molecule has 0 aromatic heterocycles. The molecule has 1 N–H and O–H groups in total. The van der Waals surface area contributed by atoms with E-state index in [-0.39, 0.29) is 0 Å². The standard InChI is InChI=1S/C19H27NO/c1-18-9-5-7-14(18)17-15(8-11-18)19(2)10-4-3-6-13(19)12-16(17)20-21/h3,6,12,14-15,17,21H,4-5,7-11H2,1-2H3/t14-,15-,17-,18-,19-/m0/s1. The van der Waals surface area contributed by atoms with Gasteiger partial charge in [0.05, 0.1) is 5.71 Å². The highest BCUT2D eigenvalue weighted by Crippen LogP contribution is 2.63. The van der Waals surface area contributed by atoms with Crippen LogP contribution in [0.25, 0.3) is 0 Å². The molecule has 0 spiro atoms. The minimum atomic E-state index is 0.303. The lowest BCUT2D eigenvalue weighted by molar-refractivity contribution is 0.0164. The minimum absolute atomic E-state index is 0.303. The largest absolute Gasteiger partial charge is 0.411 e. The first-order chi connectivity index (χ1) is 10.1. The van der Waals surface area contributed by atoms with Gasteiger partial charge in [0.25, 0.3) is 0 Å². The molecule has 2 nitrogen and oxygen atoms in total. The monoisotopic (exact) mass is 285 g/mol. The molecule has 4 rings (SSSR count). The molecule has 2 heteroatoms. The van der Waals surface area contributed by atoms with E-state index in [4.69, 9.17) is 0 Å². The van der Waals surface area contributed by atoms with Crippen LogP contribution in [0.2, 0.25) is 0 Å². The summed E-state index contributed by atoms with van der Waals surface area (Å²) in [5.74, 6) is 1.88. The number of allylic oxidation sites excluding steroid dienone is 4. The second-order valence-electron chi connectivity index (χ2n) is 8.31. The molecule has 2 fully saturated rings. The van der Waals surface area contributed by atoms with E-state index < -0.39 is 0 Å². The Hall–Kier alpha value is -1.05. The van der Waals surface area contributed by atoms with E-state index in [2.05, 4.69) is 37.2 Å². The van der Waals surface area contributed by atoms with Crippen LogP contribution in [0.5, 0.6) is 0 Å². The normalized spacial score (nSPS) is 50.3. The third-order valence-corrected chi connectivity index (χ3v) is 7.42. The Kier molecular flexibility index (Phi) is 2.90. The summed E-state index contributed by atoms with van der Waals surface area (Å²) >= 11 is 0. The maximum absolute atomic E-state index is 9.63. The van der Waals surface area contributed by atoms with E-state index in [1.165, 1.54) is 50.5 Å². The van der Waals surface area contributed by atoms with Crippen LogP contribution in [0.3, 0.4) is 0 Å². The van der Waals surface area contributed by atoms with Gasteiger partial charge in [0.1, 0.15) is 0 Å². The van der Waals surface area contributed by atoms with Gasteiger partial charge in [0.15, 0.2) is 0 Å². The van der Waals surface area contributed by atoms with E-state index in [1.54, 1.807) is 0 Å². The van der Waals surface area contributed by atoms with Crippen molar-refractivity contribution in [3.63, 3.8) is 0 Å². The van der Waals surface area contributed by atoms with Crippen LogP contribution in [0.15, 0.2) is 29.0 Å². The molecule has 0 amide bonds. The van der Waals surface area contributed by atoms with Crippen LogP contribution >= 0.6 is 0 Å². The van der Waals surface area contributed by atoms with E-state index in [0.29, 0.717) is 22.7 Å². The Balaban J connectivity index is 1.83. The van der Waals surface area contributed by atoms with Crippen molar-refractivity contribution >= 4 is 5.71 Å². The molecule has 0 aromatic rings. The average molecular weight is 285 g/mol. The van der Waals surface area contributed by atoms with Crippen LogP contribution in [-0.2, 0) is 0 Å². The van der Waals surface area contributed by atoms with E-state index in [9.17, 15) is 5.21 Å². The Bertz CT molecular complexity index is 546. The highest BCUT2D eigenvalue weighted by Gasteiger charge is 2.56. The number of oxime groups is 1. The SMILES string of the molecule is C[C@@]12CCC[C@H]1[C@@H]1C(=NO)C=C3C=CCC[C@]3(C)[C@H]1CC2. The number of hydrogen-bond acceptors (Lipinski definition) is 2. The zero-order chi connectivity index (χ0) is 14.7. The highest BCUT2D eigenvalue weighted by molar-refractivity contribution is 5.99. The Morgan fingerprint density at radius 3 is 2.81 bits per heavy atom. The van der Waals surface area contributed by atoms with Gasteiger partial charge >= 0.3 is 0 Å². The molecule has 0 saturated heterocycles. The first kappa shape index (κ1) is 13.6. The third kappa shape index (κ3) is 1.74. The van der Waals surface area contributed by atoms with Crippen molar-refractivity contribution < 1.29 is 5.21 Å². The van der Waals surface area contributed by atoms with Crippen molar-refractivity contribution in [1.29, 1.82) is 0 Å². The fourth-order valence-electron chi connectivity index (χ4n) is 6.15. The molecular formula is C19H27NO. The summed E-state index contributed by atoms with van der Waals surface area (Å²) in [6.07, 6.45) is 16.0. The van der Waals surface area contributed by atoms with Crippen LogP contribution in [0.4, 0.5) is 0 Å². The summed E-state index contributed by atoms with van der Waals surface area (Å²) in [6.45, 7) is 4.95. The molecule has 0 aromatic carbocycles. The predicted octanol–water partition coefficient (Wildman–Crippen LogP) is 4.95. The van der Waals surface area contributed by atoms with Gasteiger partial charge in [-0.3, -0.25) is 0 Å². The summed E-state index contributed by atoms with van der Waals surface area (Å²) in [5.41, 5.74) is 3.17. The van der Waals surface area contributed by atoms with Gasteiger partial charge in [-0.1, -0.05) is 37.6 Å². The average Bonchev–Trinajstić information content (AvgIpc) is 2.87. The van der Waals surface area contributed by atoms with Crippen LogP contribution in [0, 0.1) is 28.6 Å². The number of rotatable bonds is 0. The molecule has 0 unspecified atom stereocenters. The van der Waals surface area contributed by atoms with Crippen LogP contribution in [-0.4, -0.2) is 10.9 Å². The van der Waals surface area contributed by atoms with Gasteiger partial charge in [-0.25, -0.2) is 0 Å². The summed E-state index contributed by atoms with van der Waals surface area (Å²) in [5, 5.41) is 13.4. The molecule has 0 heterocycles. The van der Waals surface area contributed by atoms with Crippen molar-refractivity contribution in [2.75, 3.05) is 0 Å². The quantitative estimate of drug-likeness (QED) is 0.496. The number of fused-ring (bicyclic) bond motifs is 5. The number of hydrogen-bond donors (Lipinski definition) is 1. The van der Waals surface area contributed by atoms with Crippen molar-refractivity contribution in [3.8, 4) is 0 Å². The van der Waals surface area contributed by atoms with E-state index in [0.717, 1.165) is 11.6 Å². The molecule has 114 valence electrons.